The first-order chi connectivity index (χ1) is 8.13. The lowest BCUT2D eigenvalue weighted by Crippen LogP contribution is -2.18. The molecule has 0 saturated carbocycles. The maximum Gasteiger partial charge on any atom is 0.150 e. The van der Waals surface area contributed by atoms with Crippen molar-refractivity contribution in [2.24, 2.45) is 0 Å². The van der Waals surface area contributed by atoms with E-state index in [2.05, 4.69) is 0 Å². The zero-order chi connectivity index (χ0) is 12.8. The van der Waals surface area contributed by atoms with Crippen LogP contribution in [0.1, 0.15) is 28.4 Å². The summed E-state index contributed by atoms with van der Waals surface area (Å²) >= 11 is 0. The highest BCUT2D eigenvalue weighted by Gasteiger charge is 2.21. The van der Waals surface area contributed by atoms with Crippen LogP contribution in [0, 0.1) is 11.3 Å². The second kappa shape index (κ2) is 5.99. The molecule has 5 heteroatoms. The molecule has 0 saturated heterocycles. The van der Waals surface area contributed by atoms with E-state index < -0.39 is 12.2 Å². The fourth-order valence-corrected chi connectivity index (χ4v) is 1.46. The van der Waals surface area contributed by atoms with Gasteiger partial charge < -0.3 is 14.9 Å². The topological polar surface area (TPSA) is 90.5 Å². The Balaban J connectivity index is 3.05. The van der Waals surface area contributed by atoms with Crippen molar-refractivity contribution >= 4 is 6.29 Å². The monoisotopic (exact) mass is 235 g/mol. The highest BCUT2D eigenvalue weighted by atomic mass is 16.5. The minimum absolute atomic E-state index is 0.203. The molecule has 0 radical (unpaired) electrons. The lowest BCUT2D eigenvalue weighted by Gasteiger charge is -2.17. The Morgan fingerprint density at radius 1 is 1.53 bits per heavy atom. The minimum Gasteiger partial charge on any atom is -0.497 e. The molecule has 0 spiro atoms. The molecule has 0 aliphatic heterocycles. The molecule has 1 rings (SSSR count). The lowest BCUT2D eigenvalue weighted by molar-refractivity contribution is 0.0212. The Labute approximate surface area is 98.9 Å². The van der Waals surface area contributed by atoms with E-state index in [4.69, 9.17) is 10.00 Å². The standard InChI is InChI=1S/C12H13NO4/c1-17-9-2-3-10(8(6-9)7-14)12(16)11(15)4-5-13/h2-3,6-7,11-12,15-16H,4H2,1H3. The van der Waals surface area contributed by atoms with Crippen LogP contribution in [0.3, 0.4) is 0 Å². The number of hydrogen-bond donors (Lipinski definition) is 2. The van der Waals surface area contributed by atoms with E-state index in [0.717, 1.165) is 0 Å². The van der Waals surface area contributed by atoms with E-state index in [1.807, 2.05) is 0 Å². The van der Waals surface area contributed by atoms with E-state index in [1.165, 1.54) is 19.2 Å². The fourth-order valence-electron chi connectivity index (χ4n) is 1.46. The van der Waals surface area contributed by atoms with Crippen LogP contribution in [0.15, 0.2) is 18.2 Å². The first-order valence-electron chi connectivity index (χ1n) is 5.00. The molecule has 2 unspecified atom stereocenters. The Kier molecular flexibility index (Phi) is 4.64. The van der Waals surface area contributed by atoms with Crippen LogP contribution < -0.4 is 4.74 Å². The number of benzene rings is 1. The molecule has 0 heterocycles. The molecule has 1 aromatic carbocycles. The van der Waals surface area contributed by atoms with Crippen LogP contribution in [0.4, 0.5) is 0 Å². The molecule has 2 N–H and O–H groups in total. The Hall–Kier alpha value is -1.90. The summed E-state index contributed by atoms with van der Waals surface area (Å²) in [4.78, 5) is 10.9. The summed E-state index contributed by atoms with van der Waals surface area (Å²) in [5.41, 5.74) is 0.511. The summed E-state index contributed by atoms with van der Waals surface area (Å²) in [5.74, 6) is 0.484. The summed E-state index contributed by atoms with van der Waals surface area (Å²) in [7, 11) is 1.46. The third-order valence-electron chi connectivity index (χ3n) is 2.40. The van der Waals surface area contributed by atoms with Crippen molar-refractivity contribution < 1.29 is 19.7 Å². The number of carbonyl (C=O) groups is 1. The molecule has 5 nitrogen and oxygen atoms in total. The maximum atomic E-state index is 10.9. The highest BCUT2D eigenvalue weighted by molar-refractivity contribution is 5.78. The predicted molar refractivity (Wildman–Crippen MR) is 59.6 cm³/mol. The average molecular weight is 235 g/mol. The molecule has 90 valence electrons. The third-order valence-corrected chi connectivity index (χ3v) is 2.40. The molecule has 17 heavy (non-hydrogen) atoms. The van der Waals surface area contributed by atoms with Crippen molar-refractivity contribution in [1.29, 1.82) is 5.26 Å². The van der Waals surface area contributed by atoms with Gasteiger partial charge >= 0.3 is 0 Å². The SMILES string of the molecule is COc1ccc(C(O)C(O)CC#N)c(C=O)c1. The average Bonchev–Trinajstić information content (AvgIpc) is 2.37. The summed E-state index contributed by atoms with van der Waals surface area (Å²) in [5, 5.41) is 27.7. The predicted octanol–water partition coefficient (Wildman–Crippen LogP) is 0.816. The van der Waals surface area contributed by atoms with E-state index in [0.29, 0.717) is 12.0 Å². The minimum atomic E-state index is -1.26. The number of aldehydes is 1. The van der Waals surface area contributed by atoms with Crippen molar-refractivity contribution in [3.63, 3.8) is 0 Å². The van der Waals surface area contributed by atoms with E-state index in [-0.39, 0.29) is 17.5 Å². The van der Waals surface area contributed by atoms with Crippen LogP contribution in [-0.2, 0) is 0 Å². The molecule has 0 fully saturated rings. The van der Waals surface area contributed by atoms with Gasteiger partial charge in [-0.05, 0) is 17.7 Å². The number of nitriles is 1. The van der Waals surface area contributed by atoms with Gasteiger partial charge in [-0.3, -0.25) is 4.79 Å². The smallest absolute Gasteiger partial charge is 0.150 e. The van der Waals surface area contributed by atoms with Crippen molar-refractivity contribution in [2.45, 2.75) is 18.6 Å². The molecule has 2 atom stereocenters. The summed E-state index contributed by atoms with van der Waals surface area (Å²) in [6.07, 6.45) is -2.11. The van der Waals surface area contributed by atoms with Crippen LogP contribution in [0.25, 0.3) is 0 Å². The van der Waals surface area contributed by atoms with Gasteiger partial charge in [0, 0.05) is 5.56 Å². The van der Waals surface area contributed by atoms with Gasteiger partial charge in [0.15, 0.2) is 6.29 Å². The Morgan fingerprint density at radius 2 is 2.24 bits per heavy atom. The zero-order valence-electron chi connectivity index (χ0n) is 9.33. The number of methoxy groups -OCH3 is 1. The number of ether oxygens (including phenoxy) is 1. The number of hydrogen-bond acceptors (Lipinski definition) is 5. The number of nitrogens with zero attached hydrogens (tertiary/aromatic N) is 1. The largest absolute Gasteiger partial charge is 0.497 e. The van der Waals surface area contributed by atoms with Gasteiger partial charge in [0.05, 0.1) is 25.7 Å². The fraction of sp³-hybridized carbons (Fsp3) is 0.333. The number of aliphatic hydroxyl groups is 2. The van der Waals surface area contributed by atoms with Gasteiger partial charge in [0.2, 0.25) is 0 Å². The number of rotatable bonds is 5. The van der Waals surface area contributed by atoms with Crippen LogP contribution in [0.2, 0.25) is 0 Å². The van der Waals surface area contributed by atoms with Crippen molar-refractivity contribution in [3.8, 4) is 11.8 Å². The molecular weight excluding hydrogens is 222 g/mol. The Morgan fingerprint density at radius 3 is 2.76 bits per heavy atom. The maximum absolute atomic E-state index is 10.9. The van der Waals surface area contributed by atoms with Crippen molar-refractivity contribution in [2.75, 3.05) is 7.11 Å². The molecule has 0 bridgehead atoms. The first-order valence-corrected chi connectivity index (χ1v) is 5.00. The van der Waals surface area contributed by atoms with Gasteiger partial charge in [-0.25, -0.2) is 0 Å². The first kappa shape index (κ1) is 13.2. The van der Waals surface area contributed by atoms with Gasteiger partial charge in [0.1, 0.15) is 11.9 Å². The molecular formula is C12H13NO4. The van der Waals surface area contributed by atoms with Crippen molar-refractivity contribution in [3.05, 3.63) is 29.3 Å². The quantitative estimate of drug-likeness (QED) is 0.737. The third kappa shape index (κ3) is 3.03. The molecule has 0 aromatic heterocycles. The Bertz CT molecular complexity index is 439. The van der Waals surface area contributed by atoms with Crippen LogP contribution in [-0.4, -0.2) is 29.7 Å². The van der Waals surface area contributed by atoms with Gasteiger partial charge in [-0.15, -0.1) is 0 Å². The van der Waals surface area contributed by atoms with Gasteiger partial charge in [-0.1, -0.05) is 6.07 Å². The second-order valence-corrected chi connectivity index (χ2v) is 3.49. The summed E-state index contributed by atoms with van der Waals surface area (Å²) in [6.45, 7) is 0. The summed E-state index contributed by atoms with van der Waals surface area (Å²) < 4.78 is 4.94. The normalized spacial score (nSPS) is 13.5. The summed E-state index contributed by atoms with van der Waals surface area (Å²) in [6, 6.07) is 6.29. The zero-order valence-corrected chi connectivity index (χ0v) is 9.33. The number of carbonyl (C=O) groups excluding carboxylic acids is 1. The van der Waals surface area contributed by atoms with Crippen LogP contribution in [0.5, 0.6) is 5.75 Å². The molecule has 0 aliphatic rings. The van der Waals surface area contributed by atoms with Gasteiger partial charge in [0.25, 0.3) is 0 Å². The lowest BCUT2D eigenvalue weighted by atomic mass is 9.98. The second-order valence-electron chi connectivity index (χ2n) is 3.49. The molecule has 1 aromatic rings. The highest BCUT2D eigenvalue weighted by Crippen LogP contribution is 2.25. The van der Waals surface area contributed by atoms with E-state index in [1.54, 1.807) is 12.1 Å². The van der Waals surface area contributed by atoms with Gasteiger partial charge in [-0.2, -0.15) is 5.26 Å². The number of aliphatic hydroxyl groups excluding tert-OH is 2. The molecule has 0 aliphatic carbocycles. The molecule has 0 amide bonds. The van der Waals surface area contributed by atoms with Crippen molar-refractivity contribution in [1.82, 2.24) is 0 Å². The van der Waals surface area contributed by atoms with E-state index in [9.17, 15) is 15.0 Å². The van der Waals surface area contributed by atoms with E-state index >= 15 is 0 Å². The van der Waals surface area contributed by atoms with Crippen LogP contribution >= 0.6 is 0 Å².